The van der Waals surface area contributed by atoms with Crippen molar-refractivity contribution in [1.29, 1.82) is 0 Å². The number of imidazole rings is 1. The Kier molecular flexibility index (Phi) is 5.65. The molecule has 0 amide bonds. The fourth-order valence-corrected chi connectivity index (χ4v) is 1.91. The number of hydrogen-bond donors (Lipinski definition) is 4. The molecule has 0 aliphatic carbocycles. The van der Waals surface area contributed by atoms with E-state index in [4.69, 9.17) is 19.2 Å². The number of aromatic nitrogens is 2. The van der Waals surface area contributed by atoms with Gasteiger partial charge in [-0.3, -0.25) is 0 Å². The van der Waals surface area contributed by atoms with E-state index >= 15 is 0 Å². The van der Waals surface area contributed by atoms with E-state index < -0.39 is 7.82 Å². The van der Waals surface area contributed by atoms with Crippen molar-refractivity contribution >= 4 is 7.82 Å². The molecule has 110 valence electrons. The van der Waals surface area contributed by atoms with Gasteiger partial charge in [-0.2, -0.15) is 0 Å². The normalized spacial score (nSPS) is 12.5. The van der Waals surface area contributed by atoms with Crippen LogP contribution in [0.2, 0.25) is 0 Å². The summed E-state index contributed by atoms with van der Waals surface area (Å²) in [4.78, 5) is 28.8. The highest BCUT2D eigenvalue weighted by molar-refractivity contribution is 7.45. The summed E-state index contributed by atoms with van der Waals surface area (Å²) in [6.07, 6.45) is 3.63. The van der Waals surface area contributed by atoms with E-state index in [0.717, 1.165) is 0 Å². The quantitative estimate of drug-likeness (QED) is 0.636. The van der Waals surface area contributed by atoms with Crippen LogP contribution >= 0.6 is 7.82 Å². The molecule has 1 aromatic carbocycles. The van der Waals surface area contributed by atoms with E-state index in [9.17, 15) is 0 Å². The van der Waals surface area contributed by atoms with E-state index in [0.29, 0.717) is 5.92 Å². The Morgan fingerprint density at radius 3 is 2.35 bits per heavy atom. The van der Waals surface area contributed by atoms with Crippen molar-refractivity contribution in [2.45, 2.75) is 26.7 Å². The Morgan fingerprint density at radius 1 is 1.25 bits per heavy atom. The van der Waals surface area contributed by atoms with Crippen molar-refractivity contribution in [1.82, 2.24) is 9.97 Å². The smallest absolute Gasteiger partial charge is 0.348 e. The van der Waals surface area contributed by atoms with Gasteiger partial charge in [-0.05, 0) is 30.5 Å². The molecule has 2 aromatic rings. The Morgan fingerprint density at radius 2 is 1.85 bits per heavy atom. The van der Waals surface area contributed by atoms with Crippen molar-refractivity contribution in [2.75, 3.05) is 0 Å². The molecule has 6 nitrogen and oxygen atoms in total. The summed E-state index contributed by atoms with van der Waals surface area (Å²) in [6.45, 7) is 6.53. The molecule has 20 heavy (non-hydrogen) atoms. The van der Waals surface area contributed by atoms with Crippen LogP contribution in [0, 0.1) is 13.8 Å². The van der Waals surface area contributed by atoms with Crippen molar-refractivity contribution in [3.8, 4) is 0 Å². The van der Waals surface area contributed by atoms with Crippen molar-refractivity contribution < 1.29 is 19.2 Å². The summed E-state index contributed by atoms with van der Waals surface area (Å²) in [7, 11) is -4.64. The van der Waals surface area contributed by atoms with Gasteiger partial charge in [0.05, 0.1) is 6.33 Å². The third kappa shape index (κ3) is 5.27. The fraction of sp³-hybridized carbons (Fsp3) is 0.308. The lowest BCUT2D eigenvalue weighted by molar-refractivity contribution is 0.275. The zero-order valence-electron chi connectivity index (χ0n) is 11.6. The minimum Gasteiger partial charge on any atom is -0.348 e. The molecule has 1 atom stereocenters. The summed E-state index contributed by atoms with van der Waals surface area (Å²) in [6, 6.07) is 6.46. The van der Waals surface area contributed by atoms with Crippen LogP contribution in [0.1, 0.15) is 35.2 Å². The molecule has 1 aromatic heterocycles. The highest BCUT2D eigenvalue weighted by Gasteiger charge is 2.12. The van der Waals surface area contributed by atoms with Crippen LogP contribution in [0.3, 0.4) is 0 Å². The first-order valence-electron chi connectivity index (χ1n) is 6.03. The molecule has 0 saturated heterocycles. The first-order chi connectivity index (χ1) is 9.20. The van der Waals surface area contributed by atoms with Gasteiger partial charge in [0.2, 0.25) is 0 Å². The lowest BCUT2D eigenvalue weighted by Crippen LogP contribution is -2.00. The Bertz CT molecular complexity index is 584. The molecule has 0 aliphatic heterocycles. The molecule has 0 unspecified atom stereocenters. The van der Waals surface area contributed by atoms with Gasteiger partial charge in [-0.25, -0.2) is 9.55 Å². The van der Waals surface area contributed by atoms with Gasteiger partial charge in [-0.1, -0.05) is 25.1 Å². The molecular weight excluding hydrogens is 279 g/mol. The van der Waals surface area contributed by atoms with Gasteiger partial charge >= 0.3 is 7.82 Å². The monoisotopic (exact) mass is 298 g/mol. The van der Waals surface area contributed by atoms with E-state index in [1.807, 2.05) is 6.20 Å². The molecule has 0 bridgehead atoms. The predicted molar refractivity (Wildman–Crippen MR) is 76.3 cm³/mol. The second-order valence-corrected chi connectivity index (χ2v) is 5.56. The minimum atomic E-state index is -4.64. The zero-order valence-corrected chi connectivity index (χ0v) is 12.5. The fourth-order valence-electron chi connectivity index (χ4n) is 1.91. The third-order valence-corrected chi connectivity index (χ3v) is 3.10. The number of aromatic amines is 1. The largest absolute Gasteiger partial charge is 0.466 e. The topological polar surface area (TPSA) is 106 Å². The van der Waals surface area contributed by atoms with E-state index in [1.165, 1.54) is 22.4 Å². The molecule has 7 heteroatoms. The number of H-pyrrole nitrogens is 1. The second kappa shape index (κ2) is 6.81. The number of aryl methyl sites for hydroxylation is 1. The van der Waals surface area contributed by atoms with Gasteiger partial charge in [0.25, 0.3) is 0 Å². The molecule has 0 saturated carbocycles. The average molecular weight is 298 g/mol. The Labute approximate surface area is 117 Å². The molecule has 4 N–H and O–H groups in total. The van der Waals surface area contributed by atoms with Gasteiger partial charge < -0.3 is 19.7 Å². The first kappa shape index (κ1) is 16.6. The van der Waals surface area contributed by atoms with Crippen LogP contribution in [0.15, 0.2) is 30.7 Å². The van der Waals surface area contributed by atoms with Gasteiger partial charge in [0, 0.05) is 17.8 Å². The van der Waals surface area contributed by atoms with Gasteiger partial charge in [-0.15, -0.1) is 0 Å². The summed E-state index contributed by atoms with van der Waals surface area (Å²) < 4.78 is 8.88. The van der Waals surface area contributed by atoms with Crippen LogP contribution in [-0.4, -0.2) is 24.6 Å². The second-order valence-electron chi connectivity index (χ2n) is 4.53. The van der Waals surface area contributed by atoms with Crippen LogP contribution in [0.4, 0.5) is 0 Å². The van der Waals surface area contributed by atoms with E-state index in [2.05, 4.69) is 48.9 Å². The molecule has 1 heterocycles. The molecule has 2 rings (SSSR count). The molecular formula is C13H19N2O4P. The van der Waals surface area contributed by atoms with Gasteiger partial charge in [0.1, 0.15) is 0 Å². The summed E-state index contributed by atoms with van der Waals surface area (Å²) in [5.41, 5.74) is 5.27. The molecule has 0 aliphatic rings. The average Bonchev–Trinajstić information content (AvgIpc) is 2.83. The summed E-state index contributed by atoms with van der Waals surface area (Å²) >= 11 is 0. The van der Waals surface area contributed by atoms with Crippen LogP contribution in [0.25, 0.3) is 0 Å². The predicted octanol–water partition coefficient (Wildman–Crippen LogP) is 2.25. The maximum atomic E-state index is 8.88. The highest BCUT2D eigenvalue weighted by atomic mass is 31.2. The van der Waals surface area contributed by atoms with Crippen molar-refractivity contribution in [3.05, 3.63) is 53.1 Å². The lowest BCUT2D eigenvalue weighted by Gasteiger charge is -2.14. The third-order valence-electron chi connectivity index (χ3n) is 3.10. The molecule has 0 radical (unpaired) electrons. The van der Waals surface area contributed by atoms with Gasteiger partial charge in [0.15, 0.2) is 0 Å². The van der Waals surface area contributed by atoms with Crippen molar-refractivity contribution in [3.63, 3.8) is 0 Å². The Hall–Kier alpha value is -1.46. The number of rotatable bonds is 2. The zero-order chi connectivity index (χ0) is 15.3. The Balaban J connectivity index is 0.000000347. The van der Waals surface area contributed by atoms with E-state index in [1.54, 1.807) is 6.33 Å². The standard InChI is InChI=1S/C13H16N2.H3O4P/c1-9-5-4-6-12(10(9)2)11(3)13-7-14-8-15-13;1-5(2,3)4/h4-8,11H,1-3H3,(H,14,15);(H3,1,2,3,4)/t11-;/m0./s1. The highest BCUT2D eigenvalue weighted by Crippen LogP contribution is 2.26. The van der Waals surface area contributed by atoms with Crippen LogP contribution < -0.4 is 0 Å². The lowest BCUT2D eigenvalue weighted by atomic mass is 9.92. The molecule has 0 fully saturated rings. The van der Waals surface area contributed by atoms with E-state index in [-0.39, 0.29) is 0 Å². The maximum Gasteiger partial charge on any atom is 0.466 e. The van der Waals surface area contributed by atoms with Crippen LogP contribution in [-0.2, 0) is 4.57 Å². The number of hydrogen-bond acceptors (Lipinski definition) is 2. The number of nitrogens with one attached hydrogen (secondary N) is 1. The minimum absolute atomic E-state index is 0.382. The summed E-state index contributed by atoms with van der Waals surface area (Å²) in [5.74, 6) is 0.382. The van der Waals surface area contributed by atoms with Crippen molar-refractivity contribution in [2.24, 2.45) is 0 Å². The number of phosphoric acid groups is 1. The summed E-state index contributed by atoms with van der Waals surface area (Å²) in [5, 5.41) is 0. The maximum absolute atomic E-state index is 8.88. The molecule has 0 spiro atoms. The number of nitrogens with zero attached hydrogens (tertiary/aromatic N) is 1. The first-order valence-corrected chi connectivity index (χ1v) is 7.59. The van der Waals surface area contributed by atoms with Crippen LogP contribution in [0.5, 0.6) is 0 Å². The SMILES string of the molecule is Cc1cccc([C@H](C)c2cnc[nH]2)c1C.O=P(O)(O)O. The number of benzene rings is 1.